The van der Waals surface area contributed by atoms with Crippen molar-refractivity contribution in [3.63, 3.8) is 0 Å². The monoisotopic (exact) mass is 437 g/mol. The third-order valence-electron chi connectivity index (χ3n) is 4.77. The SMILES string of the molecule is COc1cc([N+](=O)[O-])c(C(=O)Nc2ccccc2N(C)Cc2ccccc2)cc1SC. The maximum absolute atomic E-state index is 13.1. The van der Waals surface area contributed by atoms with Crippen LogP contribution in [0.4, 0.5) is 17.1 Å². The van der Waals surface area contributed by atoms with Crippen molar-refractivity contribution < 1.29 is 14.5 Å². The van der Waals surface area contributed by atoms with Gasteiger partial charge in [0.2, 0.25) is 0 Å². The fraction of sp³-hybridized carbons (Fsp3) is 0.174. The molecule has 8 heteroatoms. The van der Waals surface area contributed by atoms with E-state index in [0.717, 1.165) is 11.3 Å². The predicted molar refractivity (Wildman–Crippen MR) is 124 cm³/mol. The van der Waals surface area contributed by atoms with Crippen molar-refractivity contribution in [1.29, 1.82) is 0 Å². The molecular weight excluding hydrogens is 414 g/mol. The molecule has 0 atom stereocenters. The van der Waals surface area contributed by atoms with Crippen molar-refractivity contribution in [3.05, 3.63) is 88.0 Å². The number of hydrogen-bond acceptors (Lipinski definition) is 6. The molecule has 0 heterocycles. The molecular formula is C23H23N3O4S. The van der Waals surface area contributed by atoms with Gasteiger partial charge in [-0.05, 0) is 30.0 Å². The summed E-state index contributed by atoms with van der Waals surface area (Å²) in [7, 11) is 3.37. The molecule has 0 radical (unpaired) electrons. The minimum Gasteiger partial charge on any atom is -0.495 e. The topological polar surface area (TPSA) is 84.7 Å². The van der Waals surface area contributed by atoms with E-state index in [0.29, 0.717) is 22.9 Å². The quantitative estimate of drug-likeness (QED) is 0.296. The Morgan fingerprint density at radius 2 is 1.81 bits per heavy atom. The minimum absolute atomic E-state index is 0.0179. The van der Waals surface area contributed by atoms with Gasteiger partial charge in [0, 0.05) is 13.6 Å². The summed E-state index contributed by atoms with van der Waals surface area (Å²) in [5.41, 5.74) is 2.18. The van der Waals surface area contributed by atoms with Gasteiger partial charge in [0.25, 0.3) is 11.6 Å². The lowest BCUT2D eigenvalue weighted by Gasteiger charge is -2.23. The zero-order valence-electron chi connectivity index (χ0n) is 17.5. The van der Waals surface area contributed by atoms with Gasteiger partial charge in [-0.2, -0.15) is 0 Å². The first kappa shape index (κ1) is 22.2. The third-order valence-corrected chi connectivity index (χ3v) is 5.53. The summed E-state index contributed by atoms with van der Waals surface area (Å²) in [4.78, 5) is 26.7. The molecule has 0 aliphatic carbocycles. The van der Waals surface area contributed by atoms with Gasteiger partial charge in [0.1, 0.15) is 11.3 Å². The summed E-state index contributed by atoms with van der Waals surface area (Å²) in [5, 5.41) is 14.4. The Labute approximate surface area is 185 Å². The van der Waals surface area contributed by atoms with Crippen molar-refractivity contribution in [1.82, 2.24) is 0 Å². The molecule has 0 unspecified atom stereocenters. The molecule has 7 nitrogen and oxygen atoms in total. The Morgan fingerprint density at radius 3 is 2.45 bits per heavy atom. The molecule has 0 spiro atoms. The fourth-order valence-electron chi connectivity index (χ4n) is 3.25. The lowest BCUT2D eigenvalue weighted by molar-refractivity contribution is -0.385. The van der Waals surface area contributed by atoms with Crippen molar-refractivity contribution in [2.24, 2.45) is 0 Å². The van der Waals surface area contributed by atoms with E-state index in [2.05, 4.69) is 5.32 Å². The highest BCUT2D eigenvalue weighted by molar-refractivity contribution is 7.98. The second-order valence-electron chi connectivity index (χ2n) is 6.79. The molecule has 3 aromatic rings. The minimum atomic E-state index is -0.574. The first-order chi connectivity index (χ1) is 14.9. The molecule has 0 aliphatic rings. The van der Waals surface area contributed by atoms with Crippen LogP contribution in [-0.2, 0) is 6.54 Å². The second-order valence-corrected chi connectivity index (χ2v) is 7.64. The van der Waals surface area contributed by atoms with Gasteiger partial charge in [-0.25, -0.2) is 0 Å². The number of hydrogen-bond donors (Lipinski definition) is 1. The molecule has 1 amide bonds. The van der Waals surface area contributed by atoms with Crippen LogP contribution in [-0.4, -0.2) is 31.2 Å². The number of rotatable bonds is 8. The van der Waals surface area contributed by atoms with E-state index in [1.54, 1.807) is 6.07 Å². The number of carbonyl (C=O) groups excluding carboxylic acids is 1. The Morgan fingerprint density at radius 1 is 1.13 bits per heavy atom. The number of nitrogens with one attached hydrogen (secondary N) is 1. The number of benzene rings is 3. The summed E-state index contributed by atoms with van der Waals surface area (Å²) in [6, 6.07) is 20.1. The van der Waals surface area contributed by atoms with Gasteiger partial charge in [-0.3, -0.25) is 14.9 Å². The first-order valence-electron chi connectivity index (χ1n) is 9.50. The number of amides is 1. The molecule has 0 fully saturated rings. The standard InChI is InChI=1S/C23H23N3O4S/c1-25(15-16-9-5-4-6-10-16)19-12-8-7-11-18(19)24-23(27)17-13-22(31-3)21(30-2)14-20(17)26(28)29/h4-14H,15H2,1-3H3,(H,24,27). The average molecular weight is 438 g/mol. The Bertz CT molecular complexity index is 1090. The summed E-state index contributed by atoms with van der Waals surface area (Å²) in [5.74, 6) is -0.191. The number of para-hydroxylation sites is 2. The molecule has 0 bridgehead atoms. The van der Waals surface area contributed by atoms with Crippen molar-refractivity contribution in [2.45, 2.75) is 11.4 Å². The van der Waals surface area contributed by atoms with E-state index in [9.17, 15) is 14.9 Å². The first-order valence-corrected chi connectivity index (χ1v) is 10.7. The molecule has 3 aromatic carbocycles. The highest BCUT2D eigenvalue weighted by atomic mass is 32.2. The highest BCUT2D eigenvalue weighted by Crippen LogP contribution is 2.35. The molecule has 3 rings (SSSR count). The average Bonchev–Trinajstić information content (AvgIpc) is 2.78. The van der Waals surface area contributed by atoms with Gasteiger partial charge in [-0.1, -0.05) is 42.5 Å². The molecule has 31 heavy (non-hydrogen) atoms. The van der Waals surface area contributed by atoms with Crippen molar-refractivity contribution >= 4 is 34.7 Å². The number of anilines is 2. The second kappa shape index (κ2) is 9.99. The molecule has 160 valence electrons. The van der Waals surface area contributed by atoms with Gasteiger partial charge in [0.15, 0.2) is 0 Å². The van der Waals surface area contributed by atoms with E-state index >= 15 is 0 Å². The third kappa shape index (κ3) is 5.16. The number of nitro groups is 1. The van der Waals surface area contributed by atoms with Crippen LogP contribution >= 0.6 is 11.8 Å². The number of methoxy groups -OCH3 is 1. The van der Waals surface area contributed by atoms with Gasteiger partial charge < -0.3 is 15.0 Å². The summed E-state index contributed by atoms with van der Waals surface area (Å²) in [6.07, 6.45) is 1.82. The number of nitrogens with zero attached hydrogens (tertiary/aromatic N) is 2. The predicted octanol–water partition coefficient (Wildman–Crippen LogP) is 5.21. The van der Waals surface area contributed by atoms with Gasteiger partial charge in [-0.15, -0.1) is 11.8 Å². The van der Waals surface area contributed by atoms with Gasteiger partial charge >= 0.3 is 0 Å². The van der Waals surface area contributed by atoms with E-state index in [1.807, 2.05) is 66.7 Å². The smallest absolute Gasteiger partial charge is 0.285 e. The van der Waals surface area contributed by atoms with E-state index in [4.69, 9.17) is 4.74 Å². The summed E-state index contributed by atoms with van der Waals surface area (Å²) < 4.78 is 5.22. The molecule has 0 saturated carbocycles. The Balaban J connectivity index is 1.92. The lowest BCUT2D eigenvalue weighted by atomic mass is 10.1. The Hall–Kier alpha value is -3.52. The molecule has 1 N–H and O–H groups in total. The van der Waals surface area contributed by atoms with Crippen molar-refractivity contribution in [3.8, 4) is 5.75 Å². The number of carbonyl (C=O) groups is 1. The largest absolute Gasteiger partial charge is 0.495 e. The van der Waals surface area contributed by atoms with Crippen LogP contribution in [0.3, 0.4) is 0 Å². The van der Waals surface area contributed by atoms with E-state index < -0.39 is 10.8 Å². The van der Waals surface area contributed by atoms with Crippen molar-refractivity contribution in [2.75, 3.05) is 30.6 Å². The summed E-state index contributed by atoms with van der Waals surface area (Å²) in [6.45, 7) is 0.646. The van der Waals surface area contributed by atoms with Crippen LogP contribution in [0, 0.1) is 10.1 Å². The molecule has 0 aromatic heterocycles. The number of thioether (sulfide) groups is 1. The van der Waals surface area contributed by atoms with E-state index in [1.165, 1.54) is 31.0 Å². The van der Waals surface area contributed by atoms with Crippen LogP contribution < -0.4 is 15.0 Å². The van der Waals surface area contributed by atoms with Crippen LogP contribution in [0.2, 0.25) is 0 Å². The van der Waals surface area contributed by atoms with Crippen LogP contribution in [0.25, 0.3) is 0 Å². The highest BCUT2D eigenvalue weighted by Gasteiger charge is 2.24. The zero-order valence-corrected chi connectivity index (χ0v) is 18.3. The number of ether oxygens (including phenoxy) is 1. The van der Waals surface area contributed by atoms with Gasteiger partial charge in [0.05, 0.1) is 34.4 Å². The molecule has 0 aliphatic heterocycles. The fourth-order valence-corrected chi connectivity index (χ4v) is 3.82. The van der Waals surface area contributed by atoms with Crippen LogP contribution in [0.1, 0.15) is 15.9 Å². The van der Waals surface area contributed by atoms with E-state index in [-0.39, 0.29) is 11.3 Å². The maximum atomic E-state index is 13.1. The maximum Gasteiger partial charge on any atom is 0.285 e. The lowest BCUT2D eigenvalue weighted by Crippen LogP contribution is -2.20. The zero-order chi connectivity index (χ0) is 22.4. The van der Waals surface area contributed by atoms with Crippen LogP contribution in [0.5, 0.6) is 5.75 Å². The normalized spacial score (nSPS) is 10.4. The Kier molecular flexibility index (Phi) is 7.15. The molecule has 0 saturated heterocycles. The summed E-state index contributed by atoms with van der Waals surface area (Å²) >= 11 is 1.35. The van der Waals surface area contributed by atoms with Crippen LogP contribution in [0.15, 0.2) is 71.6 Å². The number of nitro benzene ring substituents is 1.